The molecule has 7 heteroatoms. The summed E-state index contributed by atoms with van der Waals surface area (Å²) >= 11 is 0. The van der Waals surface area contributed by atoms with E-state index in [1.807, 2.05) is 6.07 Å². The molecule has 0 aliphatic carbocycles. The van der Waals surface area contributed by atoms with Crippen molar-refractivity contribution in [3.63, 3.8) is 0 Å². The minimum absolute atomic E-state index is 0.00264. The van der Waals surface area contributed by atoms with Gasteiger partial charge in [0.2, 0.25) is 11.8 Å². The number of pyridine rings is 1. The van der Waals surface area contributed by atoms with Crippen LogP contribution < -0.4 is 16.0 Å². The molecule has 0 radical (unpaired) electrons. The molecule has 17 heavy (non-hydrogen) atoms. The number of nitrogen functional groups attached to an aromatic ring is 1. The Bertz CT molecular complexity index is 518. The van der Waals surface area contributed by atoms with E-state index in [0.717, 1.165) is 0 Å². The molecule has 7 nitrogen and oxygen atoms in total. The summed E-state index contributed by atoms with van der Waals surface area (Å²) in [5.74, 6) is -0.530. The van der Waals surface area contributed by atoms with Crippen LogP contribution in [0.5, 0.6) is 0 Å². The Labute approximate surface area is 96.8 Å². The zero-order valence-corrected chi connectivity index (χ0v) is 8.80. The van der Waals surface area contributed by atoms with Gasteiger partial charge in [-0.05, 0) is 6.07 Å². The second-order valence-electron chi connectivity index (χ2n) is 3.58. The molecule has 1 aromatic rings. The van der Waals surface area contributed by atoms with Crippen LogP contribution in [0.25, 0.3) is 0 Å². The fourth-order valence-corrected chi connectivity index (χ4v) is 1.59. The first kappa shape index (κ1) is 10.9. The number of anilines is 2. The SMILES string of the molecule is N#Cc1cc(N)cnc1N1CC(=O)NC(=O)C1. The maximum atomic E-state index is 11.2. The molecule has 1 saturated heterocycles. The van der Waals surface area contributed by atoms with Crippen LogP contribution >= 0.6 is 0 Å². The van der Waals surface area contributed by atoms with Crippen LogP contribution in [0.15, 0.2) is 12.3 Å². The number of carbonyl (C=O) groups is 2. The van der Waals surface area contributed by atoms with Crippen LogP contribution in [0.1, 0.15) is 5.56 Å². The van der Waals surface area contributed by atoms with Crippen LogP contribution in [0.4, 0.5) is 11.5 Å². The first-order valence-electron chi connectivity index (χ1n) is 4.83. The Morgan fingerprint density at radius 1 is 1.41 bits per heavy atom. The molecule has 2 heterocycles. The van der Waals surface area contributed by atoms with E-state index in [9.17, 15) is 9.59 Å². The fourth-order valence-electron chi connectivity index (χ4n) is 1.59. The Balaban J connectivity index is 2.37. The molecule has 0 bridgehead atoms. The Morgan fingerprint density at radius 2 is 2.06 bits per heavy atom. The van der Waals surface area contributed by atoms with Crippen molar-refractivity contribution in [1.29, 1.82) is 5.26 Å². The van der Waals surface area contributed by atoms with Gasteiger partial charge in [-0.1, -0.05) is 0 Å². The van der Waals surface area contributed by atoms with Crippen molar-refractivity contribution in [2.24, 2.45) is 0 Å². The minimum atomic E-state index is -0.413. The highest BCUT2D eigenvalue weighted by Gasteiger charge is 2.25. The van der Waals surface area contributed by atoms with Gasteiger partial charge in [-0.15, -0.1) is 0 Å². The summed E-state index contributed by atoms with van der Waals surface area (Å²) in [5, 5.41) is 11.1. The van der Waals surface area contributed by atoms with Gasteiger partial charge in [0.05, 0.1) is 30.5 Å². The Hall–Kier alpha value is -2.62. The molecule has 1 aliphatic rings. The Kier molecular flexibility index (Phi) is 2.62. The van der Waals surface area contributed by atoms with E-state index in [1.165, 1.54) is 17.2 Å². The largest absolute Gasteiger partial charge is 0.397 e. The average Bonchev–Trinajstić information content (AvgIpc) is 2.27. The smallest absolute Gasteiger partial charge is 0.246 e. The lowest BCUT2D eigenvalue weighted by molar-refractivity contribution is -0.130. The first-order chi connectivity index (χ1) is 8.10. The molecule has 0 spiro atoms. The zero-order valence-electron chi connectivity index (χ0n) is 8.80. The predicted molar refractivity (Wildman–Crippen MR) is 58.7 cm³/mol. The summed E-state index contributed by atoms with van der Waals surface area (Å²) in [6, 6.07) is 3.39. The number of hydrogen-bond donors (Lipinski definition) is 2. The molecule has 1 aromatic heterocycles. The van der Waals surface area contributed by atoms with Gasteiger partial charge < -0.3 is 10.6 Å². The van der Waals surface area contributed by atoms with Gasteiger partial charge in [-0.25, -0.2) is 4.98 Å². The average molecular weight is 231 g/mol. The number of nitrogens with two attached hydrogens (primary N) is 1. The van der Waals surface area contributed by atoms with E-state index in [1.54, 1.807) is 0 Å². The van der Waals surface area contributed by atoms with Crippen molar-refractivity contribution in [1.82, 2.24) is 10.3 Å². The van der Waals surface area contributed by atoms with Crippen LogP contribution in [-0.4, -0.2) is 29.9 Å². The number of nitrogens with one attached hydrogen (secondary N) is 1. The number of imide groups is 1. The number of nitriles is 1. The van der Waals surface area contributed by atoms with E-state index >= 15 is 0 Å². The number of hydrogen-bond acceptors (Lipinski definition) is 6. The van der Waals surface area contributed by atoms with Crippen LogP contribution in [0.3, 0.4) is 0 Å². The third kappa shape index (κ3) is 2.15. The lowest BCUT2D eigenvalue weighted by Gasteiger charge is -2.26. The summed E-state index contributed by atoms with van der Waals surface area (Å²) in [4.78, 5) is 27.9. The van der Waals surface area contributed by atoms with E-state index in [-0.39, 0.29) is 18.7 Å². The van der Waals surface area contributed by atoms with Crippen LogP contribution in [-0.2, 0) is 9.59 Å². The van der Waals surface area contributed by atoms with E-state index < -0.39 is 11.8 Å². The third-order valence-corrected chi connectivity index (χ3v) is 2.26. The molecular weight excluding hydrogens is 222 g/mol. The van der Waals surface area contributed by atoms with Crippen molar-refractivity contribution < 1.29 is 9.59 Å². The van der Waals surface area contributed by atoms with Gasteiger partial charge in [-0.3, -0.25) is 14.9 Å². The second kappa shape index (κ2) is 4.09. The molecule has 0 saturated carbocycles. The number of carbonyl (C=O) groups excluding carboxylic acids is 2. The normalized spacial score (nSPS) is 15.4. The molecule has 3 N–H and O–H groups in total. The van der Waals surface area contributed by atoms with Crippen molar-refractivity contribution in [3.05, 3.63) is 17.8 Å². The van der Waals surface area contributed by atoms with Crippen molar-refractivity contribution in [2.45, 2.75) is 0 Å². The highest BCUT2D eigenvalue weighted by Crippen LogP contribution is 2.19. The predicted octanol–water partition coefficient (Wildman–Crippen LogP) is -1.00. The van der Waals surface area contributed by atoms with Gasteiger partial charge in [-0.2, -0.15) is 5.26 Å². The highest BCUT2D eigenvalue weighted by atomic mass is 16.2. The standard InChI is InChI=1S/C10H9N5O2/c11-2-6-1-7(12)3-13-10(6)15-4-8(16)14-9(17)5-15/h1,3H,4-5,12H2,(H,14,16,17). The molecule has 2 amide bonds. The zero-order chi connectivity index (χ0) is 12.4. The van der Waals surface area contributed by atoms with Crippen molar-refractivity contribution >= 4 is 23.3 Å². The van der Waals surface area contributed by atoms with Gasteiger partial charge in [0.25, 0.3) is 0 Å². The number of amides is 2. The topological polar surface area (TPSA) is 112 Å². The molecule has 0 unspecified atom stereocenters. The molecule has 0 aromatic carbocycles. The minimum Gasteiger partial charge on any atom is -0.397 e. The summed E-state index contributed by atoms with van der Waals surface area (Å²) in [7, 11) is 0. The molecule has 1 aliphatic heterocycles. The van der Waals surface area contributed by atoms with Gasteiger partial charge in [0, 0.05) is 0 Å². The maximum absolute atomic E-state index is 11.2. The van der Waals surface area contributed by atoms with Gasteiger partial charge >= 0.3 is 0 Å². The van der Waals surface area contributed by atoms with Gasteiger partial charge in [0.15, 0.2) is 0 Å². The monoisotopic (exact) mass is 231 g/mol. The fraction of sp³-hybridized carbons (Fsp3) is 0.200. The van der Waals surface area contributed by atoms with Gasteiger partial charge in [0.1, 0.15) is 11.9 Å². The maximum Gasteiger partial charge on any atom is 0.246 e. The number of nitrogens with zero attached hydrogens (tertiary/aromatic N) is 3. The van der Waals surface area contributed by atoms with Crippen molar-refractivity contribution in [3.8, 4) is 6.07 Å². The van der Waals surface area contributed by atoms with Crippen LogP contribution in [0, 0.1) is 11.3 Å². The lowest BCUT2D eigenvalue weighted by Crippen LogP contribution is -2.52. The van der Waals surface area contributed by atoms with Crippen LogP contribution in [0.2, 0.25) is 0 Å². The summed E-state index contributed by atoms with van der Waals surface area (Å²) in [6.07, 6.45) is 1.38. The van der Waals surface area contributed by atoms with E-state index in [2.05, 4.69) is 10.3 Å². The molecule has 1 fully saturated rings. The lowest BCUT2D eigenvalue weighted by atomic mass is 10.2. The number of piperazine rings is 1. The number of rotatable bonds is 1. The van der Waals surface area contributed by atoms with Crippen molar-refractivity contribution in [2.75, 3.05) is 23.7 Å². The molecule has 0 atom stereocenters. The molecular formula is C10H9N5O2. The summed E-state index contributed by atoms with van der Waals surface area (Å²) in [6.45, 7) is -0.00528. The molecule has 2 rings (SSSR count). The summed E-state index contributed by atoms with van der Waals surface area (Å²) in [5.41, 5.74) is 6.11. The van der Waals surface area contributed by atoms with E-state index in [4.69, 9.17) is 11.0 Å². The highest BCUT2D eigenvalue weighted by molar-refractivity contribution is 6.02. The molecule has 86 valence electrons. The summed E-state index contributed by atoms with van der Waals surface area (Å²) < 4.78 is 0. The second-order valence-corrected chi connectivity index (χ2v) is 3.58. The quantitative estimate of drug-likeness (QED) is 0.599. The Morgan fingerprint density at radius 3 is 2.65 bits per heavy atom. The third-order valence-electron chi connectivity index (χ3n) is 2.26. The first-order valence-corrected chi connectivity index (χ1v) is 4.83. The van der Waals surface area contributed by atoms with E-state index in [0.29, 0.717) is 11.5 Å². The number of aromatic nitrogens is 1.